The van der Waals surface area contributed by atoms with Gasteiger partial charge in [-0.05, 0) is 0 Å². The molecule has 0 aromatic rings. The van der Waals surface area contributed by atoms with Crippen molar-refractivity contribution < 1.29 is 19.2 Å². The van der Waals surface area contributed by atoms with Gasteiger partial charge in [0, 0.05) is 0 Å². The minimum atomic E-state index is -0.0598. The molecule has 0 saturated heterocycles. The van der Waals surface area contributed by atoms with Gasteiger partial charge in [0.25, 0.3) is 0 Å². The van der Waals surface area contributed by atoms with Gasteiger partial charge in [-0.3, -0.25) is 0 Å². The summed E-state index contributed by atoms with van der Waals surface area (Å²) >= 11 is -0.0598. The predicted molar refractivity (Wildman–Crippen MR) is 95.0 cm³/mol. The standard InChI is InChI=1S/2C9H13.2ClH.Ti/c2*1-3-8(2)9-6-4-5-7-9;;;/h2*4,6,8H,3,5H2,1-2H3;2*1H;. The molecule has 2 atom stereocenters. The van der Waals surface area contributed by atoms with Crippen LogP contribution in [0.25, 0.3) is 0 Å². The first kappa shape index (κ1) is 21.3. The van der Waals surface area contributed by atoms with Crippen molar-refractivity contribution in [2.75, 3.05) is 0 Å². The Kier molecular flexibility index (Phi) is 10.2. The zero-order valence-electron chi connectivity index (χ0n) is 13.6. The van der Waals surface area contributed by atoms with Crippen molar-refractivity contribution in [3.63, 3.8) is 0 Å². The summed E-state index contributed by atoms with van der Waals surface area (Å²) in [7, 11) is 0. The molecule has 0 aromatic carbocycles. The second-order valence-corrected chi connectivity index (χ2v) is 8.10. The van der Waals surface area contributed by atoms with Crippen molar-refractivity contribution in [1.29, 1.82) is 0 Å². The smallest absolute Gasteiger partial charge is 0.147 e. The van der Waals surface area contributed by atoms with Crippen LogP contribution in [0.3, 0.4) is 0 Å². The molecule has 2 aliphatic rings. The molecule has 0 bridgehead atoms. The number of hydrogen-bond donors (Lipinski definition) is 0. The van der Waals surface area contributed by atoms with E-state index in [1.165, 1.54) is 25.7 Å². The number of allylic oxidation sites excluding steroid dienone is 8. The topological polar surface area (TPSA) is 0 Å². The maximum Gasteiger partial charge on any atom is -0.147 e. The van der Waals surface area contributed by atoms with E-state index in [1.807, 2.05) is 0 Å². The van der Waals surface area contributed by atoms with Crippen LogP contribution in [0.4, 0.5) is 0 Å². The van der Waals surface area contributed by atoms with Crippen LogP contribution in [0.1, 0.15) is 53.4 Å². The molecule has 0 N–H and O–H groups in total. The summed E-state index contributed by atoms with van der Waals surface area (Å²) in [4.78, 5) is 0. The Labute approximate surface area is 152 Å². The third-order valence-corrected chi connectivity index (χ3v) is 7.01. The van der Waals surface area contributed by atoms with Crippen LogP contribution < -0.4 is 0 Å². The molecular weight excluding hydrogens is 335 g/mol. The van der Waals surface area contributed by atoms with E-state index in [4.69, 9.17) is 0 Å². The second kappa shape index (κ2) is 10.1. The van der Waals surface area contributed by atoms with E-state index in [-0.39, 0.29) is 44.0 Å². The molecule has 0 heterocycles. The van der Waals surface area contributed by atoms with Gasteiger partial charge in [-0.2, -0.15) is 0 Å². The number of rotatable bonds is 6. The summed E-state index contributed by atoms with van der Waals surface area (Å²) in [5.74, 6) is 1.50. The van der Waals surface area contributed by atoms with Gasteiger partial charge >= 0.3 is 128 Å². The van der Waals surface area contributed by atoms with E-state index in [9.17, 15) is 0 Å². The van der Waals surface area contributed by atoms with Crippen LogP contribution in [0.15, 0.2) is 43.2 Å². The van der Waals surface area contributed by atoms with Crippen LogP contribution in [0, 0.1) is 11.8 Å². The van der Waals surface area contributed by atoms with E-state index in [0.29, 0.717) is 0 Å². The monoisotopic (exact) mass is 362 g/mol. The van der Waals surface area contributed by atoms with Gasteiger partial charge in [-0.15, -0.1) is 24.8 Å². The van der Waals surface area contributed by atoms with Gasteiger partial charge in [-0.1, -0.05) is 0 Å². The molecule has 0 saturated carbocycles. The third-order valence-electron chi connectivity index (χ3n) is 4.52. The number of halogens is 2. The Bertz CT molecular complexity index is 416. The first-order chi connectivity index (χ1) is 9.17. The largest absolute Gasteiger partial charge is 0.147 e. The van der Waals surface area contributed by atoms with Crippen LogP contribution in [0.5, 0.6) is 0 Å². The summed E-state index contributed by atoms with van der Waals surface area (Å²) < 4.78 is 3.60. The minimum Gasteiger partial charge on any atom is -0.147 e. The normalized spacial score (nSPS) is 19.4. The molecule has 0 fully saturated rings. The zero-order chi connectivity index (χ0) is 13.8. The zero-order valence-corrected chi connectivity index (χ0v) is 16.8. The Morgan fingerprint density at radius 1 is 0.857 bits per heavy atom. The molecule has 0 amide bonds. The molecular formula is C18H28Cl2Ti. The Hall–Kier alpha value is 0.254. The molecule has 118 valence electrons. The van der Waals surface area contributed by atoms with E-state index < -0.39 is 0 Å². The van der Waals surface area contributed by atoms with Gasteiger partial charge < -0.3 is 0 Å². The average Bonchev–Trinajstić information content (AvgIpc) is 3.06. The van der Waals surface area contributed by atoms with E-state index >= 15 is 0 Å². The van der Waals surface area contributed by atoms with E-state index in [0.717, 1.165) is 11.8 Å². The molecule has 0 nitrogen and oxygen atoms in total. The Morgan fingerprint density at radius 2 is 1.24 bits per heavy atom. The van der Waals surface area contributed by atoms with Crippen molar-refractivity contribution in [1.82, 2.24) is 0 Å². The molecule has 2 rings (SSSR count). The van der Waals surface area contributed by atoms with Gasteiger partial charge in [0.1, 0.15) is 0 Å². The van der Waals surface area contributed by atoms with Crippen molar-refractivity contribution in [3.8, 4) is 0 Å². The molecule has 3 heteroatoms. The molecule has 21 heavy (non-hydrogen) atoms. The van der Waals surface area contributed by atoms with Crippen LogP contribution in [-0.2, 0) is 19.2 Å². The van der Waals surface area contributed by atoms with Crippen molar-refractivity contribution >= 4 is 24.8 Å². The SMILES string of the molecule is CCC(C)C1=[C]([Ti][C]2=C(C(C)CC)C=CC2)CC=C1.Cl.Cl. The minimum absolute atomic E-state index is 0. The fraction of sp³-hybridized carbons (Fsp3) is 0.556. The molecule has 2 aliphatic carbocycles. The molecule has 2 unspecified atom stereocenters. The molecule has 0 aromatic heterocycles. The molecule has 0 radical (unpaired) electrons. The Morgan fingerprint density at radius 3 is 1.57 bits per heavy atom. The number of hydrogen-bond acceptors (Lipinski definition) is 0. The summed E-state index contributed by atoms with van der Waals surface area (Å²) in [5.41, 5.74) is 3.34. The first-order valence-corrected chi connectivity index (χ1v) is 9.29. The predicted octanol–water partition coefficient (Wildman–Crippen LogP) is 6.43. The summed E-state index contributed by atoms with van der Waals surface area (Å²) in [6.45, 7) is 9.38. The van der Waals surface area contributed by atoms with Gasteiger partial charge in [-0.25, -0.2) is 0 Å². The fourth-order valence-corrected chi connectivity index (χ4v) is 5.57. The van der Waals surface area contributed by atoms with Crippen molar-refractivity contribution in [2.24, 2.45) is 11.8 Å². The van der Waals surface area contributed by atoms with Crippen LogP contribution >= 0.6 is 24.8 Å². The van der Waals surface area contributed by atoms with Gasteiger partial charge in [0.05, 0.1) is 0 Å². The van der Waals surface area contributed by atoms with E-state index in [2.05, 4.69) is 52.0 Å². The molecule has 0 spiro atoms. The average molecular weight is 363 g/mol. The maximum absolute atomic E-state index is 2.40. The first-order valence-electron chi connectivity index (χ1n) is 7.73. The molecule has 0 aliphatic heterocycles. The van der Waals surface area contributed by atoms with Crippen LogP contribution in [0.2, 0.25) is 0 Å². The van der Waals surface area contributed by atoms with E-state index in [1.54, 1.807) is 18.9 Å². The second-order valence-electron chi connectivity index (χ2n) is 5.82. The van der Waals surface area contributed by atoms with Gasteiger partial charge in [0.15, 0.2) is 0 Å². The summed E-state index contributed by atoms with van der Waals surface area (Å²) in [6.07, 6.45) is 14.6. The Balaban J connectivity index is 0.00000200. The maximum atomic E-state index is 2.40. The van der Waals surface area contributed by atoms with Crippen molar-refractivity contribution in [3.05, 3.63) is 43.2 Å². The third kappa shape index (κ3) is 5.13. The quantitative estimate of drug-likeness (QED) is 0.477. The summed E-state index contributed by atoms with van der Waals surface area (Å²) in [5, 5.41) is 0. The van der Waals surface area contributed by atoms with Crippen molar-refractivity contribution in [2.45, 2.75) is 53.4 Å². The van der Waals surface area contributed by atoms with Crippen LogP contribution in [-0.4, -0.2) is 0 Å². The van der Waals surface area contributed by atoms with Gasteiger partial charge in [0.2, 0.25) is 0 Å². The fourth-order valence-electron chi connectivity index (χ4n) is 2.84. The summed E-state index contributed by atoms with van der Waals surface area (Å²) in [6, 6.07) is 0.